The Morgan fingerprint density at radius 1 is 1.37 bits per heavy atom. The summed E-state index contributed by atoms with van der Waals surface area (Å²) in [7, 11) is 4.11. The summed E-state index contributed by atoms with van der Waals surface area (Å²) in [6, 6.07) is 4.47. The van der Waals surface area contributed by atoms with Gasteiger partial charge in [-0.05, 0) is 45.5 Å². The monoisotopic (exact) mass is 260 g/mol. The molecule has 0 aliphatic carbocycles. The highest BCUT2D eigenvalue weighted by Gasteiger charge is 2.17. The molecule has 0 amide bonds. The Bertz CT molecular complexity index is 472. The van der Waals surface area contributed by atoms with Crippen molar-refractivity contribution in [2.45, 2.75) is 33.7 Å². The summed E-state index contributed by atoms with van der Waals surface area (Å²) in [5, 5.41) is 12.7. The minimum Gasteiger partial charge on any atom is -0.365 e. The molecule has 1 atom stereocenters. The fourth-order valence-electron chi connectivity index (χ4n) is 2.07. The largest absolute Gasteiger partial charge is 0.365 e. The van der Waals surface area contributed by atoms with Crippen molar-refractivity contribution < 1.29 is 0 Å². The van der Waals surface area contributed by atoms with Gasteiger partial charge in [-0.25, -0.2) is 4.98 Å². The number of pyridine rings is 1. The lowest BCUT2D eigenvalue weighted by atomic mass is 10.0. The molecule has 0 radical (unpaired) electrons. The van der Waals surface area contributed by atoms with Gasteiger partial charge in [-0.15, -0.1) is 0 Å². The zero-order valence-electron chi connectivity index (χ0n) is 12.8. The number of hydrogen-bond acceptors (Lipinski definition) is 4. The Morgan fingerprint density at radius 2 is 2.00 bits per heavy atom. The van der Waals surface area contributed by atoms with E-state index in [2.05, 4.69) is 49.2 Å². The molecule has 1 heterocycles. The lowest BCUT2D eigenvalue weighted by Gasteiger charge is -2.26. The molecule has 1 rings (SSSR count). The van der Waals surface area contributed by atoms with E-state index < -0.39 is 0 Å². The molecule has 0 saturated heterocycles. The molecule has 1 N–H and O–H groups in total. The number of aryl methyl sites for hydroxylation is 2. The van der Waals surface area contributed by atoms with Crippen molar-refractivity contribution in [1.29, 1.82) is 5.26 Å². The predicted molar refractivity (Wildman–Crippen MR) is 79.2 cm³/mol. The topological polar surface area (TPSA) is 52.0 Å². The lowest BCUT2D eigenvalue weighted by molar-refractivity contribution is 0.344. The van der Waals surface area contributed by atoms with E-state index in [4.69, 9.17) is 0 Å². The summed E-state index contributed by atoms with van der Waals surface area (Å²) in [6.45, 7) is 9.17. The minimum absolute atomic E-state index is 0.274. The van der Waals surface area contributed by atoms with Crippen LogP contribution in [-0.2, 0) is 0 Å². The van der Waals surface area contributed by atoms with Crippen molar-refractivity contribution in [2.75, 3.05) is 26.0 Å². The molecule has 0 aliphatic heterocycles. The average molecular weight is 260 g/mol. The number of anilines is 1. The van der Waals surface area contributed by atoms with E-state index in [1.807, 2.05) is 19.9 Å². The van der Waals surface area contributed by atoms with E-state index in [0.717, 1.165) is 17.8 Å². The van der Waals surface area contributed by atoms with Crippen LogP contribution in [0.4, 0.5) is 5.82 Å². The van der Waals surface area contributed by atoms with E-state index in [1.165, 1.54) is 0 Å². The van der Waals surface area contributed by atoms with Gasteiger partial charge in [0, 0.05) is 18.3 Å². The molecule has 0 aliphatic rings. The Morgan fingerprint density at radius 3 is 2.47 bits per heavy atom. The SMILES string of the molecule is Cc1cc(C)c(C#N)c(NC(CN(C)C)C(C)C)n1. The number of rotatable bonds is 5. The highest BCUT2D eigenvalue weighted by Crippen LogP contribution is 2.20. The van der Waals surface area contributed by atoms with Crippen molar-refractivity contribution in [3.05, 3.63) is 22.9 Å². The molecule has 0 saturated carbocycles. The first-order chi connectivity index (χ1) is 8.85. The van der Waals surface area contributed by atoms with Gasteiger partial charge in [0.1, 0.15) is 11.9 Å². The van der Waals surface area contributed by atoms with Gasteiger partial charge >= 0.3 is 0 Å². The molecule has 1 unspecified atom stereocenters. The van der Waals surface area contributed by atoms with E-state index in [-0.39, 0.29) is 6.04 Å². The zero-order valence-corrected chi connectivity index (χ0v) is 12.8. The van der Waals surface area contributed by atoms with Crippen LogP contribution in [0.15, 0.2) is 6.07 Å². The third-order valence-corrected chi connectivity index (χ3v) is 3.15. The first-order valence-corrected chi connectivity index (χ1v) is 6.64. The smallest absolute Gasteiger partial charge is 0.144 e. The molecule has 1 aromatic heterocycles. The van der Waals surface area contributed by atoms with Crippen LogP contribution in [0.3, 0.4) is 0 Å². The predicted octanol–water partition coefficient (Wildman–Crippen LogP) is 2.57. The van der Waals surface area contributed by atoms with Crippen LogP contribution in [0.5, 0.6) is 0 Å². The van der Waals surface area contributed by atoms with Gasteiger partial charge in [0.05, 0.1) is 5.56 Å². The van der Waals surface area contributed by atoms with Crippen LogP contribution in [0.2, 0.25) is 0 Å². The normalized spacial score (nSPS) is 12.6. The maximum atomic E-state index is 9.28. The molecule has 4 nitrogen and oxygen atoms in total. The van der Waals surface area contributed by atoms with Gasteiger partial charge in [0.15, 0.2) is 0 Å². The van der Waals surface area contributed by atoms with Gasteiger partial charge in [0.25, 0.3) is 0 Å². The number of nitrogens with zero attached hydrogens (tertiary/aromatic N) is 3. The summed E-state index contributed by atoms with van der Waals surface area (Å²) in [5.74, 6) is 1.18. The van der Waals surface area contributed by atoms with E-state index in [1.54, 1.807) is 0 Å². The third kappa shape index (κ3) is 4.22. The van der Waals surface area contributed by atoms with Crippen molar-refractivity contribution in [1.82, 2.24) is 9.88 Å². The second-order valence-corrected chi connectivity index (χ2v) is 5.67. The van der Waals surface area contributed by atoms with Crippen molar-refractivity contribution in [3.8, 4) is 6.07 Å². The van der Waals surface area contributed by atoms with E-state index in [0.29, 0.717) is 17.3 Å². The summed E-state index contributed by atoms with van der Waals surface area (Å²) >= 11 is 0. The molecule has 0 aromatic carbocycles. The molecule has 0 fully saturated rings. The summed E-state index contributed by atoms with van der Waals surface area (Å²) in [6.07, 6.45) is 0. The number of nitrogens with one attached hydrogen (secondary N) is 1. The van der Waals surface area contributed by atoms with Crippen LogP contribution >= 0.6 is 0 Å². The minimum atomic E-state index is 0.274. The lowest BCUT2D eigenvalue weighted by Crippen LogP contribution is -2.37. The Kier molecular flexibility index (Phi) is 5.31. The molecule has 0 spiro atoms. The fraction of sp³-hybridized carbons (Fsp3) is 0.600. The van der Waals surface area contributed by atoms with Crippen molar-refractivity contribution in [3.63, 3.8) is 0 Å². The quantitative estimate of drug-likeness (QED) is 0.884. The number of hydrogen-bond donors (Lipinski definition) is 1. The van der Waals surface area contributed by atoms with Crippen molar-refractivity contribution in [2.24, 2.45) is 5.92 Å². The molecule has 0 bridgehead atoms. The molecule has 19 heavy (non-hydrogen) atoms. The summed E-state index contributed by atoms with van der Waals surface area (Å²) in [4.78, 5) is 6.63. The molecule has 1 aromatic rings. The average Bonchev–Trinajstić information content (AvgIpc) is 2.26. The van der Waals surface area contributed by atoms with Crippen LogP contribution in [0.25, 0.3) is 0 Å². The van der Waals surface area contributed by atoms with Crippen LogP contribution in [-0.4, -0.2) is 36.6 Å². The zero-order chi connectivity index (χ0) is 14.6. The fourth-order valence-corrected chi connectivity index (χ4v) is 2.07. The second kappa shape index (κ2) is 6.53. The van der Waals surface area contributed by atoms with Gasteiger partial charge in [0.2, 0.25) is 0 Å². The third-order valence-electron chi connectivity index (χ3n) is 3.15. The van der Waals surface area contributed by atoms with Crippen LogP contribution in [0, 0.1) is 31.1 Å². The van der Waals surface area contributed by atoms with Gasteiger partial charge in [-0.1, -0.05) is 13.8 Å². The number of aromatic nitrogens is 1. The van der Waals surface area contributed by atoms with E-state index in [9.17, 15) is 5.26 Å². The van der Waals surface area contributed by atoms with E-state index >= 15 is 0 Å². The molecule has 104 valence electrons. The molecular weight excluding hydrogens is 236 g/mol. The van der Waals surface area contributed by atoms with Crippen molar-refractivity contribution >= 4 is 5.82 Å². The summed E-state index contributed by atoms with van der Waals surface area (Å²) in [5.41, 5.74) is 2.56. The van der Waals surface area contributed by atoms with Gasteiger partial charge in [-0.2, -0.15) is 5.26 Å². The van der Waals surface area contributed by atoms with Crippen LogP contribution in [0.1, 0.15) is 30.7 Å². The summed E-state index contributed by atoms with van der Waals surface area (Å²) < 4.78 is 0. The first kappa shape index (κ1) is 15.5. The Balaban J connectivity index is 3.06. The number of nitriles is 1. The number of likely N-dealkylation sites (N-methyl/N-ethyl adjacent to an activating group) is 1. The highest BCUT2D eigenvalue weighted by atomic mass is 15.1. The first-order valence-electron chi connectivity index (χ1n) is 6.64. The maximum absolute atomic E-state index is 9.28. The van der Waals surface area contributed by atoms with Crippen LogP contribution < -0.4 is 5.32 Å². The molecular formula is C15H24N4. The Hall–Kier alpha value is -1.60. The van der Waals surface area contributed by atoms with Gasteiger partial charge < -0.3 is 10.2 Å². The maximum Gasteiger partial charge on any atom is 0.144 e. The highest BCUT2D eigenvalue weighted by molar-refractivity contribution is 5.56. The standard InChI is InChI=1S/C15H24N4/c1-10(2)14(9-19(5)6)18-15-13(8-16)11(3)7-12(4)17-15/h7,10,14H,9H2,1-6H3,(H,17,18). The Labute approximate surface area is 116 Å². The second-order valence-electron chi connectivity index (χ2n) is 5.67. The van der Waals surface area contributed by atoms with Gasteiger partial charge in [-0.3, -0.25) is 0 Å². The molecule has 4 heteroatoms.